The zero-order valence-electron chi connectivity index (χ0n) is 17.4. The lowest BCUT2D eigenvalue weighted by atomic mass is 10.0. The van der Waals surface area contributed by atoms with Crippen molar-refractivity contribution in [3.05, 3.63) is 77.6 Å². The van der Waals surface area contributed by atoms with Gasteiger partial charge in [-0.05, 0) is 27.5 Å². The first-order chi connectivity index (χ1) is 14.2. The minimum Gasteiger partial charge on any atom is -0.297 e. The lowest BCUT2D eigenvalue weighted by Crippen LogP contribution is -2.48. The molecule has 1 fully saturated rings. The molecule has 1 atom stereocenters. The van der Waals surface area contributed by atoms with Crippen molar-refractivity contribution in [1.29, 1.82) is 0 Å². The van der Waals surface area contributed by atoms with Crippen molar-refractivity contribution in [3.8, 4) is 0 Å². The summed E-state index contributed by atoms with van der Waals surface area (Å²) in [5.74, 6) is 1.41. The van der Waals surface area contributed by atoms with E-state index in [0.717, 1.165) is 38.5 Å². The first-order valence-corrected chi connectivity index (χ1v) is 10.5. The molecule has 0 bridgehead atoms. The monoisotopic (exact) mass is 390 g/mol. The highest BCUT2D eigenvalue weighted by molar-refractivity contribution is 5.16. The van der Waals surface area contributed by atoms with Gasteiger partial charge >= 0.3 is 0 Å². The Bertz CT molecular complexity index is 869. The molecular formula is C23H30N6. The Labute approximate surface area is 173 Å². The smallest absolute Gasteiger partial charge is 0.169 e. The molecule has 2 aromatic carbocycles. The van der Waals surface area contributed by atoms with Crippen molar-refractivity contribution >= 4 is 0 Å². The van der Waals surface area contributed by atoms with Gasteiger partial charge in [0.1, 0.15) is 0 Å². The lowest BCUT2D eigenvalue weighted by molar-refractivity contribution is 0.0664. The zero-order valence-corrected chi connectivity index (χ0v) is 17.4. The molecule has 0 radical (unpaired) electrons. The predicted octanol–water partition coefficient (Wildman–Crippen LogP) is 3.24. The maximum absolute atomic E-state index is 4.44. The lowest BCUT2D eigenvalue weighted by Gasteiger charge is -2.40. The van der Waals surface area contributed by atoms with Crippen molar-refractivity contribution in [2.45, 2.75) is 33.0 Å². The summed E-state index contributed by atoms with van der Waals surface area (Å²) in [6, 6.07) is 21.4. The highest BCUT2D eigenvalue weighted by Gasteiger charge is 2.31. The Morgan fingerprint density at radius 2 is 1.38 bits per heavy atom. The predicted molar refractivity (Wildman–Crippen MR) is 114 cm³/mol. The normalized spacial score (nSPS) is 16.9. The molecule has 6 nitrogen and oxygen atoms in total. The summed E-state index contributed by atoms with van der Waals surface area (Å²) in [5, 5.41) is 12.8. The van der Waals surface area contributed by atoms with Gasteiger partial charge in [-0.3, -0.25) is 9.80 Å². The minimum atomic E-state index is 0.229. The molecule has 0 aliphatic carbocycles. The van der Waals surface area contributed by atoms with E-state index in [1.54, 1.807) is 0 Å². The van der Waals surface area contributed by atoms with E-state index in [1.165, 1.54) is 11.1 Å². The summed E-state index contributed by atoms with van der Waals surface area (Å²) in [4.78, 5) is 5.09. The van der Waals surface area contributed by atoms with Gasteiger partial charge in [-0.2, -0.15) is 0 Å². The van der Waals surface area contributed by atoms with Crippen molar-refractivity contribution in [2.75, 3.05) is 26.2 Å². The summed E-state index contributed by atoms with van der Waals surface area (Å²) >= 11 is 0. The Hall–Kier alpha value is -2.57. The summed E-state index contributed by atoms with van der Waals surface area (Å²) in [5.41, 5.74) is 2.60. The SMILES string of the molecule is CC(C)[C@@H](c1nnnn1Cc1ccccc1)N1CCN(Cc2ccccc2)CC1. The molecule has 152 valence electrons. The Balaban J connectivity index is 1.43. The number of hydrogen-bond acceptors (Lipinski definition) is 5. The molecule has 1 aromatic heterocycles. The molecule has 1 saturated heterocycles. The van der Waals surface area contributed by atoms with Gasteiger partial charge in [0, 0.05) is 32.7 Å². The second-order valence-electron chi connectivity index (χ2n) is 8.17. The number of benzene rings is 2. The molecule has 6 heteroatoms. The van der Waals surface area contributed by atoms with Gasteiger partial charge in [-0.1, -0.05) is 74.5 Å². The second-order valence-corrected chi connectivity index (χ2v) is 8.17. The molecule has 1 aliphatic rings. The van der Waals surface area contributed by atoms with E-state index in [2.05, 4.69) is 93.8 Å². The van der Waals surface area contributed by atoms with Gasteiger partial charge in [0.15, 0.2) is 5.82 Å². The highest BCUT2D eigenvalue weighted by Crippen LogP contribution is 2.28. The number of tetrazole rings is 1. The molecule has 0 amide bonds. The van der Waals surface area contributed by atoms with Gasteiger partial charge < -0.3 is 0 Å². The molecule has 0 N–H and O–H groups in total. The van der Waals surface area contributed by atoms with Crippen LogP contribution in [0.2, 0.25) is 0 Å². The van der Waals surface area contributed by atoms with Crippen LogP contribution >= 0.6 is 0 Å². The molecule has 1 aliphatic heterocycles. The third-order valence-electron chi connectivity index (χ3n) is 5.68. The quantitative estimate of drug-likeness (QED) is 0.620. The van der Waals surface area contributed by atoms with Crippen LogP contribution in [-0.2, 0) is 13.1 Å². The van der Waals surface area contributed by atoms with Gasteiger partial charge in [0.2, 0.25) is 0 Å². The van der Waals surface area contributed by atoms with Crippen LogP contribution in [0.15, 0.2) is 60.7 Å². The van der Waals surface area contributed by atoms with Gasteiger partial charge in [-0.25, -0.2) is 4.68 Å². The summed E-state index contributed by atoms with van der Waals surface area (Å²) < 4.78 is 1.97. The van der Waals surface area contributed by atoms with Crippen LogP contribution in [0, 0.1) is 5.92 Å². The Morgan fingerprint density at radius 3 is 1.97 bits per heavy atom. The molecule has 2 heterocycles. The van der Waals surface area contributed by atoms with Crippen LogP contribution in [0.5, 0.6) is 0 Å². The largest absolute Gasteiger partial charge is 0.297 e. The standard InChI is InChI=1S/C23H30N6/c1-19(2)22(23-24-25-26-29(23)18-21-11-7-4-8-12-21)28-15-13-27(14-16-28)17-20-9-5-3-6-10-20/h3-12,19,22H,13-18H2,1-2H3/t22-/m0/s1. The number of hydrogen-bond donors (Lipinski definition) is 0. The zero-order chi connectivity index (χ0) is 20.1. The van der Waals surface area contributed by atoms with Gasteiger partial charge in [0.05, 0.1) is 12.6 Å². The first-order valence-electron chi connectivity index (χ1n) is 10.5. The number of aromatic nitrogens is 4. The molecule has 4 rings (SSSR count). The maximum Gasteiger partial charge on any atom is 0.169 e. The van der Waals surface area contributed by atoms with E-state index < -0.39 is 0 Å². The molecule has 29 heavy (non-hydrogen) atoms. The third-order valence-corrected chi connectivity index (χ3v) is 5.68. The highest BCUT2D eigenvalue weighted by atomic mass is 15.6. The van der Waals surface area contributed by atoms with E-state index in [-0.39, 0.29) is 6.04 Å². The van der Waals surface area contributed by atoms with Crippen LogP contribution in [0.4, 0.5) is 0 Å². The fourth-order valence-electron chi connectivity index (χ4n) is 4.22. The van der Waals surface area contributed by atoms with Gasteiger partial charge in [-0.15, -0.1) is 5.10 Å². The minimum absolute atomic E-state index is 0.229. The van der Waals surface area contributed by atoms with Crippen molar-refractivity contribution < 1.29 is 0 Å². The second kappa shape index (κ2) is 9.29. The number of piperazine rings is 1. The van der Waals surface area contributed by atoms with Crippen LogP contribution in [0.3, 0.4) is 0 Å². The van der Waals surface area contributed by atoms with E-state index in [0.29, 0.717) is 12.5 Å². The summed E-state index contributed by atoms with van der Waals surface area (Å²) in [6.45, 7) is 10.5. The molecule has 0 spiro atoms. The van der Waals surface area contributed by atoms with Crippen molar-refractivity contribution in [2.24, 2.45) is 5.92 Å². The molecule has 0 saturated carbocycles. The fraction of sp³-hybridized carbons (Fsp3) is 0.435. The van der Waals surface area contributed by atoms with Gasteiger partial charge in [0.25, 0.3) is 0 Å². The number of rotatable bonds is 7. The van der Waals surface area contributed by atoms with Crippen LogP contribution < -0.4 is 0 Å². The van der Waals surface area contributed by atoms with E-state index in [1.807, 2.05) is 10.7 Å². The van der Waals surface area contributed by atoms with Crippen LogP contribution in [-0.4, -0.2) is 56.2 Å². The molecule has 0 unspecified atom stereocenters. The van der Waals surface area contributed by atoms with E-state index >= 15 is 0 Å². The molecular weight excluding hydrogens is 360 g/mol. The van der Waals surface area contributed by atoms with E-state index in [9.17, 15) is 0 Å². The summed E-state index contributed by atoms with van der Waals surface area (Å²) in [6.07, 6.45) is 0. The van der Waals surface area contributed by atoms with Crippen LogP contribution in [0.25, 0.3) is 0 Å². The fourth-order valence-corrected chi connectivity index (χ4v) is 4.22. The maximum atomic E-state index is 4.44. The topological polar surface area (TPSA) is 50.1 Å². The summed E-state index contributed by atoms with van der Waals surface area (Å²) in [7, 11) is 0. The van der Waals surface area contributed by atoms with Crippen LogP contribution in [0.1, 0.15) is 36.8 Å². The first kappa shape index (κ1) is 19.7. The average molecular weight is 391 g/mol. The molecule has 3 aromatic rings. The Morgan fingerprint density at radius 1 is 0.793 bits per heavy atom. The van der Waals surface area contributed by atoms with Crippen molar-refractivity contribution in [3.63, 3.8) is 0 Å². The third kappa shape index (κ3) is 4.89. The number of nitrogens with zero attached hydrogens (tertiary/aromatic N) is 6. The average Bonchev–Trinajstić information content (AvgIpc) is 3.18. The Kier molecular flexibility index (Phi) is 6.32. The van der Waals surface area contributed by atoms with E-state index in [4.69, 9.17) is 0 Å². The van der Waals surface area contributed by atoms with Crippen molar-refractivity contribution in [1.82, 2.24) is 30.0 Å².